The first-order valence-electron chi connectivity index (χ1n) is 7.73. The number of aliphatic carboxylic acids is 1. The van der Waals surface area contributed by atoms with E-state index in [2.05, 4.69) is 12.2 Å². The summed E-state index contributed by atoms with van der Waals surface area (Å²) in [5, 5.41) is 12.6. The fourth-order valence-corrected chi connectivity index (χ4v) is 3.74. The third kappa shape index (κ3) is 2.82. The van der Waals surface area contributed by atoms with Crippen molar-refractivity contribution in [2.75, 3.05) is 26.2 Å². The van der Waals surface area contributed by atoms with Crippen molar-refractivity contribution in [1.82, 2.24) is 10.2 Å². The molecule has 2 saturated heterocycles. The summed E-state index contributed by atoms with van der Waals surface area (Å²) in [5.41, 5.74) is -0.305. The fraction of sp³-hybridized carbons (Fsp3) is 0.867. The van der Waals surface area contributed by atoms with Gasteiger partial charge in [-0.15, -0.1) is 0 Å². The third-order valence-corrected chi connectivity index (χ3v) is 4.87. The number of carboxylic acid groups (broad SMARTS) is 1. The molecule has 2 fully saturated rings. The van der Waals surface area contributed by atoms with E-state index in [0.29, 0.717) is 13.1 Å². The SMILES string of the molecule is CCCC1(C(=O)N2C[C@@H](C)[C@H](C(=O)O)C2)CCCNC1. The Bertz CT molecular complexity index is 372. The van der Waals surface area contributed by atoms with Crippen LogP contribution in [0.5, 0.6) is 0 Å². The summed E-state index contributed by atoms with van der Waals surface area (Å²) < 4.78 is 0. The lowest BCUT2D eigenvalue weighted by molar-refractivity contribution is -0.144. The van der Waals surface area contributed by atoms with Crippen LogP contribution in [0.1, 0.15) is 39.5 Å². The normalized spacial score (nSPS) is 34.2. The van der Waals surface area contributed by atoms with Crippen molar-refractivity contribution >= 4 is 11.9 Å². The number of piperidine rings is 1. The van der Waals surface area contributed by atoms with Gasteiger partial charge in [-0.2, -0.15) is 0 Å². The van der Waals surface area contributed by atoms with E-state index in [1.54, 1.807) is 4.90 Å². The van der Waals surface area contributed by atoms with Crippen molar-refractivity contribution in [2.24, 2.45) is 17.3 Å². The van der Waals surface area contributed by atoms with Crippen LogP contribution < -0.4 is 5.32 Å². The molecule has 0 aliphatic carbocycles. The third-order valence-electron chi connectivity index (χ3n) is 4.87. The maximum atomic E-state index is 12.9. The van der Waals surface area contributed by atoms with Crippen molar-refractivity contribution in [1.29, 1.82) is 0 Å². The van der Waals surface area contributed by atoms with E-state index in [4.69, 9.17) is 0 Å². The van der Waals surface area contributed by atoms with Crippen LogP contribution in [0.15, 0.2) is 0 Å². The van der Waals surface area contributed by atoms with Gasteiger partial charge in [-0.25, -0.2) is 0 Å². The maximum Gasteiger partial charge on any atom is 0.308 e. The molecule has 5 nitrogen and oxygen atoms in total. The Balaban J connectivity index is 2.10. The predicted octanol–water partition coefficient (Wildman–Crippen LogP) is 1.34. The summed E-state index contributed by atoms with van der Waals surface area (Å²) >= 11 is 0. The number of carbonyl (C=O) groups is 2. The molecule has 0 aromatic heterocycles. The van der Waals surface area contributed by atoms with Crippen molar-refractivity contribution in [3.63, 3.8) is 0 Å². The van der Waals surface area contributed by atoms with Gasteiger partial charge in [0, 0.05) is 19.6 Å². The van der Waals surface area contributed by atoms with Crippen LogP contribution in [-0.4, -0.2) is 48.1 Å². The number of carboxylic acids is 1. The molecule has 2 aliphatic rings. The van der Waals surface area contributed by atoms with E-state index in [-0.39, 0.29) is 17.2 Å². The summed E-state index contributed by atoms with van der Waals surface area (Å²) in [7, 11) is 0. The molecule has 0 aromatic carbocycles. The molecule has 0 aromatic rings. The Hall–Kier alpha value is -1.10. The Kier molecular flexibility index (Phi) is 4.68. The molecule has 1 unspecified atom stereocenters. The number of nitrogens with one attached hydrogen (secondary N) is 1. The second kappa shape index (κ2) is 6.12. The number of hydrogen-bond donors (Lipinski definition) is 2. The highest BCUT2D eigenvalue weighted by Crippen LogP contribution is 2.36. The Morgan fingerprint density at radius 1 is 1.40 bits per heavy atom. The van der Waals surface area contributed by atoms with Crippen LogP contribution in [0.4, 0.5) is 0 Å². The second-order valence-corrected chi connectivity index (χ2v) is 6.44. The number of likely N-dealkylation sites (tertiary alicyclic amines) is 1. The number of hydrogen-bond acceptors (Lipinski definition) is 3. The molecule has 0 saturated carbocycles. The summed E-state index contributed by atoms with van der Waals surface area (Å²) in [6.07, 6.45) is 3.83. The Labute approximate surface area is 120 Å². The number of amides is 1. The van der Waals surface area contributed by atoms with Gasteiger partial charge in [0.05, 0.1) is 11.3 Å². The topological polar surface area (TPSA) is 69.6 Å². The average Bonchev–Trinajstić information content (AvgIpc) is 2.81. The zero-order chi connectivity index (χ0) is 14.8. The molecular formula is C15H26N2O3. The van der Waals surface area contributed by atoms with Crippen LogP contribution in [0, 0.1) is 17.3 Å². The van der Waals surface area contributed by atoms with Gasteiger partial charge in [-0.1, -0.05) is 20.3 Å². The van der Waals surface area contributed by atoms with Gasteiger partial charge >= 0.3 is 5.97 Å². The van der Waals surface area contributed by atoms with Crippen molar-refractivity contribution in [3.8, 4) is 0 Å². The lowest BCUT2D eigenvalue weighted by Crippen LogP contribution is -2.51. The van der Waals surface area contributed by atoms with Gasteiger partial charge in [-0.3, -0.25) is 9.59 Å². The van der Waals surface area contributed by atoms with E-state index in [1.165, 1.54) is 0 Å². The molecule has 3 atom stereocenters. The fourth-order valence-electron chi connectivity index (χ4n) is 3.74. The monoisotopic (exact) mass is 282 g/mol. The maximum absolute atomic E-state index is 12.9. The summed E-state index contributed by atoms with van der Waals surface area (Å²) in [5.74, 6) is -0.970. The molecule has 20 heavy (non-hydrogen) atoms. The average molecular weight is 282 g/mol. The van der Waals surface area contributed by atoms with Gasteiger partial charge in [-0.05, 0) is 31.7 Å². The van der Waals surface area contributed by atoms with Gasteiger partial charge in [0.2, 0.25) is 5.91 Å². The molecule has 2 rings (SSSR count). The van der Waals surface area contributed by atoms with Crippen LogP contribution in [0.3, 0.4) is 0 Å². The van der Waals surface area contributed by atoms with Gasteiger partial charge in [0.1, 0.15) is 0 Å². The second-order valence-electron chi connectivity index (χ2n) is 6.44. The first-order valence-corrected chi connectivity index (χ1v) is 7.73. The molecule has 0 spiro atoms. The highest BCUT2D eigenvalue weighted by molar-refractivity contribution is 5.84. The molecule has 114 valence electrons. The number of rotatable bonds is 4. The van der Waals surface area contributed by atoms with Crippen LogP contribution in [-0.2, 0) is 9.59 Å². The Morgan fingerprint density at radius 2 is 2.15 bits per heavy atom. The molecule has 0 radical (unpaired) electrons. The smallest absolute Gasteiger partial charge is 0.308 e. The number of nitrogens with zero attached hydrogens (tertiary/aromatic N) is 1. The minimum atomic E-state index is -0.779. The van der Waals surface area contributed by atoms with Crippen LogP contribution >= 0.6 is 0 Å². The van der Waals surface area contributed by atoms with Gasteiger partial charge in [0.25, 0.3) is 0 Å². The first kappa shape index (κ1) is 15.3. The minimum Gasteiger partial charge on any atom is -0.481 e. The van der Waals surface area contributed by atoms with Crippen LogP contribution in [0.25, 0.3) is 0 Å². The van der Waals surface area contributed by atoms with Gasteiger partial charge in [0.15, 0.2) is 0 Å². The van der Waals surface area contributed by atoms with Crippen molar-refractivity contribution < 1.29 is 14.7 Å². The zero-order valence-corrected chi connectivity index (χ0v) is 12.5. The quantitative estimate of drug-likeness (QED) is 0.816. The minimum absolute atomic E-state index is 0.0478. The van der Waals surface area contributed by atoms with E-state index >= 15 is 0 Å². The number of carbonyl (C=O) groups excluding carboxylic acids is 1. The molecule has 5 heteroatoms. The highest BCUT2D eigenvalue weighted by Gasteiger charge is 2.45. The van der Waals surface area contributed by atoms with E-state index < -0.39 is 11.9 Å². The van der Waals surface area contributed by atoms with E-state index in [9.17, 15) is 14.7 Å². The van der Waals surface area contributed by atoms with E-state index in [0.717, 1.165) is 38.8 Å². The zero-order valence-electron chi connectivity index (χ0n) is 12.5. The summed E-state index contributed by atoms with van der Waals surface area (Å²) in [4.78, 5) is 25.9. The summed E-state index contributed by atoms with van der Waals surface area (Å²) in [6.45, 7) is 6.71. The largest absolute Gasteiger partial charge is 0.481 e. The first-order chi connectivity index (χ1) is 9.50. The van der Waals surface area contributed by atoms with Gasteiger partial charge < -0.3 is 15.3 Å². The molecule has 0 bridgehead atoms. The standard InChI is InChI=1S/C15H26N2O3/c1-3-5-15(6-4-7-16-10-15)14(20)17-8-11(2)12(9-17)13(18)19/h11-12,16H,3-10H2,1-2H3,(H,18,19)/t11-,12-,15?/m1/s1. The van der Waals surface area contributed by atoms with Crippen LogP contribution in [0.2, 0.25) is 0 Å². The molecule has 2 aliphatic heterocycles. The lowest BCUT2D eigenvalue weighted by atomic mass is 9.75. The Morgan fingerprint density at radius 3 is 2.65 bits per heavy atom. The highest BCUT2D eigenvalue weighted by atomic mass is 16.4. The summed E-state index contributed by atoms with van der Waals surface area (Å²) in [6, 6.07) is 0. The van der Waals surface area contributed by atoms with Crippen molar-refractivity contribution in [2.45, 2.75) is 39.5 Å². The predicted molar refractivity (Wildman–Crippen MR) is 76.3 cm³/mol. The molecule has 2 heterocycles. The van der Waals surface area contributed by atoms with E-state index in [1.807, 2.05) is 6.92 Å². The molecule has 2 N–H and O–H groups in total. The van der Waals surface area contributed by atoms with Crippen molar-refractivity contribution in [3.05, 3.63) is 0 Å². The molecular weight excluding hydrogens is 256 g/mol. The lowest BCUT2D eigenvalue weighted by Gasteiger charge is -2.39. The molecule has 1 amide bonds.